The van der Waals surface area contributed by atoms with Gasteiger partial charge in [-0.15, -0.1) is 0 Å². The number of rotatable bonds is 5. The highest BCUT2D eigenvalue weighted by molar-refractivity contribution is 5.44. The van der Waals surface area contributed by atoms with Crippen LogP contribution in [-0.2, 0) is 6.42 Å². The van der Waals surface area contributed by atoms with E-state index < -0.39 is 0 Å². The Morgan fingerprint density at radius 3 is 2.89 bits per heavy atom. The van der Waals surface area contributed by atoms with Gasteiger partial charge < -0.3 is 5.73 Å². The standard InChI is InChI=1S/C14H22N4/c15-14-6-7-17-10-12(14)9-13(18-16)8-11-4-2-1-3-5-11/h4,6-7,10,13,18H,1-3,5,8-9,16H2,(H2,15,17). The number of hydrogen-bond acceptors (Lipinski definition) is 4. The van der Waals surface area contributed by atoms with Gasteiger partial charge in [0.2, 0.25) is 0 Å². The van der Waals surface area contributed by atoms with Crippen LogP contribution in [0.4, 0.5) is 5.69 Å². The van der Waals surface area contributed by atoms with Crippen LogP contribution < -0.4 is 17.0 Å². The van der Waals surface area contributed by atoms with E-state index in [2.05, 4.69) is 16.5 Å². The lowest BCUT2D eigenvalue weighted by molar-refractivity contribution is 0.505. The van der Waals surface area contributed by atoms with Crippen molar-refractivity contribution in [2.45, 2.75) is 44.6 Å². The second kappa shape index (κ2) is 6.52. The van der Waals surface area contributed by atoms with Crippen molar-refractivity contribution in [1.29, 1.82) is 0 Å². The zero-order valence-electron chi connectivity index (χ0n) is 10.7. The highest BCUT2D eigenvalue weighted by atomic mass is 15.2. The number of aromatic nitrogens is 1. The molecule has 0 aromatic carbocycles. The molecule has 0 fully saturated rings. The van der Waals surface area contributed by atoms with E-state index in [1.807, 2.05) is 12.3 Å². The summed E-state index contributed by atoms with van der Waals surface area (Å²) in [7, 11) is 0. The van der Waals surface area contributed by atoms with Crippen LogP contribution in [0, 0.1) is 0 Å². The number of nitrogens with one attached hydrogen (secondary N) is 1. The van der Waals surface area contributed by atoms with Gasteiger partial charge in [0, 0.05) is 24.1 Å². The van der Waals surface area contributed by atoms with Gasteiger partial charge in [0.1, 0.15) is 0 Å². The predicted octanol–water partition coefficient (Wildman–Crippen LogP) is 1.93. The van der Waals surface area contributed by atoms with Gasteiger partial charge >= 0.3 is 0 Å². The van der Waals surface area contributed by atoms with Crippen molar-refractivity contribution in [3.05, 3.63) is 35.7 Å². The molecular formula is C14H22N4. The fraction of sp³-hybridized carbons (Fsp3) is 0.500. The van der Waals surface area contributed by atoms with Gasteiger partial charge in [-0.05, 0) is 50.2 Å². The summed E-state index contributed by atoms with van der Waals surface area (Å²) >= 11 is 0. The molecule has 1 heterocycles. The summed E-state index contributed by atoms with van der Waals surface area (Å²) in [5, 5.41) is 0. The number of pyridine rings is 1. The minimum Gasteiger partial charge on any atom is -0.398 e. The van der Waals surface area contributed by atoms with E-state index in [0.29, 0.717) is 0 Å². The fourth-order valence-electron chi connectivity index (χ4n) is 2.47. The Morgan fingerprint density at radius 1 is 1.33 bits per heavy atom. The molecule has 1 atom stereocenters. The van der Waals surface area contributed by atoms with Crippen molar-refractivity contribution in [3.8, 4) is 0 Å². The van der Waals surface area contributed by atoms with Crippen LogP contribution in [0.15, 0.2) is 30.1 Å². The summed E-state index contributed by atoms with van der Waals surface area (Å²) < 4.78 is 0. The maximum Gasteiger partial charge on any atom is 0.0378 e. The van der Waals surface area contributed by atoms with Crippen molar-refractivity contribution in [1.82, 2.24) is 10.4 Å². The number of nitrogens with two attached hydrogens (primary N) is 2. The fourth-order valence-corrected chi connectivity index (χ4v) is 2.47. The van der Waals surface area contributed by atoms with Crippen molar-refractivity contribution < 1.29 is 0 Å². The van der Waals surface area contributed by atoms with Crippen LogP contribution >= 0.6 is 0 Å². The van der Waals surface area contributed by atoms with E-state index in [1.54, 1.807) is 6.20 Å². The molecule has 98 valence electrons. The van der Waals surface area contributed by atoms with Gasteiger partial charge in [-0.1, -0.05) is 11.6 Å². The largest absolute Gasteiger partial charge is 0.398 e. The molecule has 0 saturated heterocycles. The summed E-state index contributed by atoms with van der Waals surface area (Å²) in [4.78, 5) is 4.12. The van der Waals surface area contributed by atoms with Crippen LogP contribution in [-0.4, -0.2) is 11.0 Å². The summed E-state index contributed by atoms with van der Waals surface area (Å²) in [6.45, 7) is 0. The van der Waals surface area contributed by atoms with Gasteiger partial charge in [-0.2, -0.15) is 0 Å². The minimum absolute atomic E-state index is 0.237. The number of hydrogen-bond donors (Lipinski definition) is 3. The van der Waals surface area contributed by atoms with Gasteiger partial charge in [0.15, 0.2) is 0 Å². The molecule has 4 nitrogen and oxygen atoms in total. The normalized spacial score (nSPS) is 17.3. The Hall–Kier alpha value is -1.39. The maximum atomic E-state index is 5.93. The number of hydrazine groups is 1. The van der Waals surface area contributed by atoms with Crippen molar-refractivity contribution in [3.63, 3.8) is 0 Å². The average molecular weight is 246 g/mol. The second-order valence-electron chi connectivity index (χ2n) is 4.95. The maximum absolute atomic E-state index is 5.93. The molecule has 1 aliphatic rings. The van der Waals surface area contributed by atoms with E-state index in [1.165, 1.54) is 31.3 Å². The molecule has 18 heavy (non-hydrogen) atoms. The quantitative estimate of drug-likeness (QED) is 0.421. The Kier molecular flexibility index (Phi) is 4.73. The number of anilines is 1. The molecule has 0 spiro atoms. The van der Waals surface area contributed by atoms with Crippen molar-refractivity contribution >= 4 is 5.69 Å². The third-order valence-electron chi connectivity index (χ3n) is 3.54. The van der Waals surface area contributed by atoms with Crippen molar-refractivity contribution in [2.75, 3.05) is 5.73 Å². The topological polar surface area (TPSA) is 77.0 Å². The molecule has 1 aromatic rings. The summed E-state index contributed by atoms with van der Waals surface area (Å²) in [6.07, 6.45) is 12.8. The first kappa shape index (κ1) is 13.1. The highest BCUT2D eigenvalue weighted by Crippen LogP contribution is 2.23. The monoisotopic (exact) mass is 246 g/mol. The number of nitrogens with zero attached hydrogens (tertiary/aromatic N) is 1. The Balaban J connectivity index is 1.97. The molecule has 0 radical (unpaired) electrons. The highest BCUT2D eigenvalue weighted by Gasteiger charge is 2.13. The molecular weight excluding hydrogens is 224 g/mol. The predicted molar refractivity (Wildman–Crippen MR) is 74.6 cm³/mol. The number of nitrogen functional groups attached to an aromatic ring is 1. The SMILES string of the molecule is NNC(CC1=CCCCC1)Cc1cnccc1N. The van der Waals surface area contributed by atoms with Gasteiger partial charge in [-0.3, -0.25) is 16.3 Å². The second-order valence-corrected chi connectivity index (χ2v) is 4.95. The molecule has 0 saturated carbocycles. The lowest BCUT2D eigenvalue weighted by Gasteiger charge is -2.20. The van der Waals surface area contributed by atoms with E-state index in [9.17, 15) is 0 Å². The van der Waals surface area contributed by atoms with E-state index in [4.69, 9.17) is 11.6 Å². The first-order valence-electron chi connectivity index (χ1n) is 6.62. The first-order chi connectivity index (χ1) is 8.79. The Bertz CT molecular complexity index is 414. The summed E-state index contributed by atoms with van der Waals surface area (Å²) in [5.74, 6) is 5.65. The van der Waals surface area contributed by atoms with Crippen LogP contribution in [0.25, 0.3) is 0 Å². The van der Waals surface area contributed by atoms with E-state index in [-0.39, 0.29) is 6.04 Å². The molecule has 4 heteroatoms. The first-order valence-corrected chi connectivity index (χ1v) is 6.62. The van der Waals surface area contributed by atoms with E-state index >= 15 is 0 Å². The molecule has 1 aliphatic carbocycles. The van der Waals surface area contributed by atoms with Crippen molar-refractivity contribution in [2.24, 2.45) is 5.84 Å². The molecule has 0 aliphatic heterocycles. The molecule has 2 rings (SSSR count). The summed E-state index contributed by atoms with van der Waals surface area (Å²) in [6, 6.07) is 2.07. The molecule has 5 N–H and O–H groups in total. The van der Waals surface area contributed by atoms with Gasteiger partial charge in [0.25, 0.3) is 0 Å². The van der Waals surface area contributed by atoms with Crippen LogP contribution in [0.2, 0.25) is 0 Å². The lowest BCUT2D eigenvalue weighted by atomic mass is 9.92. The lowest BCUT2D eigenvalue weighted by Crippen LogP contribution is -2.37. The zero-order chi connectivity index (χ0) is 12.8. The van der Waals surface area contributed by atoms with E-state index in [0.717, 1.165) is 24.1 Å². The number of allylic oxidation sites excluding steroid dienone is 1. The van der Waals surface area contributed by atoms with Gasteiger partial charge in [-0.25, -0.2) is 0 Å². The van der Waals surface area contributed by atoms with Gasteiger partial charge in [0.05, 0.1) is 0 Å². The van der Waals surface area contributed by atoms with Crippen LogP contribution in [0.5, 0.6) is 0 Å². The smallest absolute Gasteiger partial charge is 0.0378 e. The van der Waals surface area contributed by atoms with Crippen LogP contribution in [0.3, 0.4) is 0 Å². The third kappa shape index (κ3) is 3.55. The molecule has 0 bridgehead atoms. The molecule has 1 aromatic heterocycles. The third-order valence-corrected chi connectivity index (χ3v) is 3.54. The van der Waals surface area contributed by atoms with Crippen LogP contribution in [0.1, 0.15) is 37.7 Å². The summed E-state index contributed by atoms with van der Waals surface area (Å²) in [5.41, 5.74) is 12.2. The minimum atomic E-state index is 0.237. The Morgan fingerprint density at radius 2 is 2.22 bits per heavy atom. The molecule has 0 amide bonds. The molecule has 1 unspecified atom stereocenters. The zero-order valence-corrected chi connectivity index (χ0v) is 10.7. The Labute approximate surface area is 108 Å². The average Bonchev–Trinajstić information content (AvgIpc) is 2.41.